The van der Waals surface area contributed by atoms with Crippen LogP contribution in [-0.4, -0.2) is 39.4 Å². The van der Waals surface area contributed by atoms with Crippen LogP contribution in [0.25, 0.3) is 22.2 Å². The number of aryl methyl sites for hydroxylation is 2. The van der Waals surface area contributed by atoms with Gasteiger partial charge >= 0.3 is 0 Å². The van der Waals surface area contributed by atoms with Crippen molar-refractivity contribution in [2.24, 2.45) is 0 Å². The fourth-order valence-corrected chi connectivity index (χ4v) is 5.10. The lowest BCUT2D eigenvalue weighted by Crippen LogP contribution is -2.31. The zero-order valence-corrected chi connectivity index (χ0v) is 17.8. The zero-order chi connectivity index (χ0) is 20.9. The number of piperidine rings is 1. The second-order valence-electron chi connectivity index (χ2n) is 8.45. The second kappa shape index (κ2) is 7.20. The van der Waals surface area contributed by atoms with Gasteiger partial charge in [0.05, 0.1) is 22.5 Å². The van der Waals surface area contributed by atoms with E-state index in [1.807, 2.05) is 32.2 Å². The van der Waals surface area contributed by atoms with Crippen LogP contribution in [0.2, 0.25) is 0 Å². The second-order valence-corrected chi connectivity index (χ2v) is 8.45. The predicted molar refractivity (Wildman–Crippen MR) is 117 cm³/mol. The maximum atomic E-state index is 6.45. The number of nitrogens with zero attached hydrogens (tertiary/aromatic N) is 4. The number of hydrogen-bond donors (Lipinski definition) is 1. The first-order valence-electron chi connectivity index (χ1n) is 10.9. The van der Waals surface area contributed by atoms with E-state index >= 15 is 0 Å². The number of rotatable bonds is 3. The van der Waals surface area contributed by atoms with Crippen LogP contribution in [0.3, 0.4) is 0 Å². The number of nitrogens with one attached hydrogen (secondary N) is 1. The lowest BCUT2D eigenvalue weighted by molar-refractivity contribution is 0.251. The van der Waals surface area contributed by atoms with Gasteiger partial charge in [0.15, 0.2) is 5.75 Å². The van der Waals surface area contributed by atoms with E-state index in [2.05, 4.69) is 38.2 Å². The van der Waals surface area contributed by atoms with Crippen molar-refractivity contribution in [1.29, 1.82) is 0 Å². The van der Waals surface area contributed by atoms with Gasteiger partial charge in [0, 0.05) is 17.7 Å². The molecule has 1 fully saturated rings. The van der Waals surface area contributed by atoms with Crippen LogP contribution in [0.1, 0.15) is 47.8 Å². The van der Waals surface area contributed by atoms with Gasteiger partial charge in [-0.05, 0) is 64.0 Å². The summed E-state index contributed by atoms with van der Waals surface area (Å²) < 4.78 is 14.3. The molecule has 4 aromatic rings. The molecule has 0 amide bonds. The zero-order valence-electron chi connectivity index (χ0n) is 17.8. The van der Waals surface area contributed by atoms with E-state index in [1.165, 1.54) is 0 Å². The van der Waals surface area contributed by atoms with Gasteiger partial charge in [-0.3, -0.25) is 4.98 Å². The molecular formula is C24H25N5O2. The van der Waals surface area contributed by atoms with Crippen LogP contribution in [0.15, 0.2) is 41.1 Å². The highest BCUT2D eigenvalue weighted by Gasteiger charge is 2.34. The maximum absolute atomic E-state index is 6.45. The first-order chi connectivity index (χ1) is 15.2. The van der Waals surface area contributed by atoms with Gasteiger partial charge in [0.25, 0.3) is 0 Å². The molecule has 31 heavy (non-hydrogen) atoms. The molecule has 1 atom stereocenters. The molecule has 0 spiro atoms. The van der Waals surface area contributed by atoms with Gasteiger partial charge in [-0.15, -0.1) is 0 Å². The van der Waals surface area contributed by atoms with Crippen LogP contribution < -0.4 is 10.1 Å². The van der Waals surface area contributed by atoms with Crippen molar-refractivity contribution in [1.82, 2.24) is 25.0 Å². The van der Waals surface area contributed by atoms with Gasteiger partial charge in [-0.25, -0.2) is 4.98 Å². The van der Waals surface area contributed by atoms with E-state index in [-0.39, 0.29) is 6.04 Å². The maximum Gasteiger partial charge on any atom is 0.153 e. The van der Waals surface area contributed by atoms with E-state index in [0.29, 0.717) is 12.5 Å². The van der Waals surface area contributed by atoms with Crippen molar-refractivity contribution in [3.05, 3.63) is 59.5 Å². The lowest BCUT2D eigenvalue weighted by atomic mass is 9.96. The molecule has 1 unspecified atom stereocenters. The summed E-state index contributed by atoms with van der Waals surface area (Å²) in [5, 5.41) is 7.63. The Kier molecular flexibility index (Phi) is 4.31. The summed E-state index contributed by atoms with van der Waals surface area (Å²) in [6.07, 6.45) is 4.03. The lowest BCUT2D eigenvalue weighted by Gasteiger charge is -2.31. The third-order valence-electron chi connectivity index (χ3n) is 6.57. The summed E-state index contributed by atoms with van der Waals surface area (Å²) in [7, 11) is 0. The third kappa shape index (κ3) is 2.87. The molecule has 1 saturated heterocycles. The van der Waals surface area contributed by atoms with E-state index in [9.17, 15) is 0 Å². The van der Waals surface area contributed by atoms with Crippen LogP contribution in [-0.2, 0) is 0 Å². The van der Waals surface area contributed by atoms with Gasteiger partial charge in [0.1, 0.15) is 29.8 Å². The number of hydrogen-bond acceptors (Lipinski definition) is 6. The van der Waals surface area contributed by atoms with Crippen LogP contribution in [0, 0.1) is 13.8 Å². The molecular weight excluding hydrogens is 390 g/mol. The highest BCUT2D eigenvalue weighted by molar-refractivity contribution is 5.93. The summed E-state index contributed by atoms with van der Waals surface area (Å²) in [4.78, 5) is 9.80. The van der Waals surface area contributed by atoms with Crippen LogP contribution in [0.5, 0.6) is 5.75 Å². The summed E-state index contributed by atoms with van der Waals surface area (Å²) in [5.74, 6) is 3.24. The summed E-state index contributed by atoms with van der Waals surface area (Å²) in [5.41, 5.74) is 5.91. The normalized spacial score (nSPS) is 19.0. The molecule has 1 aromatic carbocycles. The Labute approximate surface area is 180 Å². The van der Waals surface area contributed by atoms with E-state index in [4.69, 9.17) is 14.2 Å². The molecule has 2 aliphatic rings. The first kappa shape index (κ1) is 18.6. The Morgan fingerprint density at radius 3 is 2.71 bits per heavy atom. The minimum atomic E-state index is 0.00324. The van der Waals surface area contributed by atoms with E-state index in [0.717, 1.165) is 76.8 Å². The Hall–Kier alpha value is -3.19. The fourth-order valence-electron chi connectivity index (χ4n) is 5.10. The highest BCUT2D eigenvalue weighted by Crippen LogP contribution is 2.45. The van der Waals surface area contributed by atoms with Gasteiger partial charge < -0.3 is 19.1 Å². The highest BCUT2D eigenvalue weighted by atomic mass is 16.5. The number of pyridine rings is 1. The Balaban J connectivity index is 1.62. The third-order valence-corrected chi connectivity index (χ3v) is 6.57. The molecule has 3 aromatic heterocycles. The largest absolute Gasteiger partial charge is 0.488 e. The molecule has 2 aliphatic heterocycles. The van der Waals surface area contributed by atoms with Crippen molar-refractivity contribution in [3.63, 3.8) is 0 Å². The van der Waals surface area contributed by atoms with Crippen molar-refractivity contribution in [2.75, 3.05) is 19.7 Å². The predicted octanol–water partition coefficient (Wildman–Crippen LogP) is 4.15. The number of aromatic nitrogens is 4. The Bertz CT molecular complexity index is 1230. The molecule has 7 heteroatoms. The Morgan fingerprint density at radius 1 is 1.10 bits per heavy atom. The smallest absolute Gasteiger partial charge is 0.153 e. The summed E-state index contributed by atoms with van der Waals surface area (Å²) in [6.45, 7) is 6.49. The molecule has 0 bridgehead atoms. The molecule has 6 rings (SSSR count). The molecule has 0 radical (unpaired) electrons. The SMILES string of the molecule is Cc1noc(C)c1-c1ccc2nc(C3CCNCC3)n3c2c1OCC3c1ccccn1. The minimum absolute atomic E-state index is 0.00324. The van der Waals surface area contributed by atoms with Crippen molar-refractivity contribution >= 4 is 11.0 Å². The van der Waals surface area contributed by atoms with Crippen molar-refractivity contribution < 1.29 is 9.26 Å². The average molecular weight is 415 g/mol. The molecule has 158 valence electrons. The number of ether oxygens (including phenoxy) is 1. The molecule has 5 heterocycles. The minimum Gasteiger partial charge on any atom is -0.488 e. The topological polar surface area (TPSA) is 78.0 Å². The van der Waals surface area contributed by atoms with Crippen LogP contribution in [0.4, 0.5) is 0 Å². The van der Waals surface area contributed by atoms with Gasteiger partial charge in [0.2, 0.25) is 0 Å². The van der Waals surface area contributed by atoms with Crippen LogP contribution >= 0.6 is 0 Å². The molecule has 1 N–H and O–H groups in total. The summed E-state index contributed by atoms with van der Waals surface area (Å²) >= 11 is 0. The molecule has 0 saturated carbocycles. The molecule has 7 nitrogen and oxygen atoms in total. The van der Waals surface area contributed by atoms with Crippen molar-refractivity contribution in [3.8, 4) is 16.9 Å². The molecule has 0 aliphatic carbocycles. The Morgan fingerprint density at radius 2 is 1.97 bits per heavy atom. The number of benzene rings is 1. The van der Waals surface area contributed by atoms with E-state index < -0.39 is 0 Å². The number of imidazole rings is 1. The standard InChI is InChI=1S/C24H25N5O2/c1-14-21(15(2)31-28-14)17-6-7-19-22-23(17)30-13-20(18-5-3-4-10-26-18)29(22)24(27-19)16-8-11-25-12-9-16/h3-7,10,16,20,25H,8-9,11-13H2,1-2H3. The van der Waals surface area contributed by atoms with Crippen molar-refractivity contribution in [2.45, 2.75) is 38.6 Å². The average Bonchev–Trinajstić information content (AvgIpc) is 3.37. The summed E-state index contributed by atoms with van der Waals surface area (Å²) in [6, 6.07) is 10.3. The monoisotopic (exact) mass is 415 g/mol. The first-order valence-corrected chi connectivity index (χ1v) is 10.9. The van der Waals surface area contributed by atoms with Gasteiger partial charge in [-0.2, -0.15) is 0 Å². The fraction of sp³-hybridized carbons (Fsp3) is 0.375. The quantitative estimate of drug-likeness (QED) is 0.542. The van der Waals surface area contributed by atoms with E-state index in [1.54, 1.807) is 0 Å². The van der Waals surface area contributed by atoms with Gasteiger partial charge in [-0.1, -0.05) is 11.2 Å².